The van der Waals surface area contributed by atoms with Gasteiger partial charge in [-0.05, 0) is 63.7 Å². The first-order chi connectivity index (χ1) is 23.3. The van der Waals surface area contributed by atoms with Crippen molar-refractivity contribution >= 4 is 38.3 Å². The molecule has 1 atom stereocenters. The van der Waals surface area contributed by atoms with Gasteiger partial charge in [-0.25, -0.2) is 15.0 Å². The minimum Gasteiger partial charge on any atom is -0.456 e. The molecule has 1 unspecified atom stereocenters. The van der Waals surface area contributed by atoms with E-state index in [-0.39, 0.29) is 5.92 Å². The van der Waals surface area contributed by atoms with Crippen LogP contribution in [0.1, 0.15) is 23.7 Å². The highest BCUT2D eigenvalue weighted by Gasteiger charge is 2.22. The molecule has 8 aromatic rings. The van der Waals surface area contributed by atoms with E-state index < -0.39 is 0 Å². The summed E-state index contributed by atoms with van der Waals surface area (Å²) < 4.78 is 6.24. The minimum atomic E-state index is 0.00453. The molecule has 0 amide bonds. The molecule has 0 saturated carbocycles. The SMILES string of the molecule is C1=CC(c2nc(-c3ccc4cc(-c5ccccc5)ccc4c3)nc(-c3cccc4oc5ccccc5c34)n2)CC(c2ccccc2)=C1. The summed E-state index contributed by atoms with van der Waals surface area (Å²) in [5.41, 5.74) is 8.44. The fourth-order valence-electron chi connectivity index (χ4n) is 6.69. The third-order valence-corrected chi connectivity index (χ3v) is 9.06. The van der Waals surface area contributed by atoms with E-state index in [0.29, 0.717) is 11.6 Å². The number of para-hydroxylation sites is 1. The maximum absolute atomic E-state index is 6.24. The number of allylic oxidation sites excluding steroid dienone is 4. The van der Waals surface area contributed by atoms with E-state index in [1.54, 1.807) is 0 Å². The molecular formula is C43H29N3O. The summed E-state index contributed by atoms with van der Waals surface area (Å²) in [6, 6.07) is 48.4. The van der Waals surface area contributed by atoms with Crippen molar-refractivity contribution in [3.05, 3.63) is 169 Å². The van der Waals surface area contributed by atoms with Crippen molar-refractivity contribution in [3.8, 4) is 33.9 Å². The fraction of sp³-hybridized carbons (Fsp3) is 0.0465. The Bertz CT molecular complexity index is 2490. The van der Waals surface area contributed by atoms with Gasteiger partial charge in [0.1, 0.15) is 17.0 Å². The van der Waals surface area contributed by atoms with E-state index in [4.69, 9.17) is 19.4 Å². The number of hydrogen-bond acceptors (Lipinski definition) is 4. The summed E-state index contributed by atoms with van der Waals surface area (Å²) in [5, 5.41) is 4.38. The monoisotopic (exact) mass is 603 g/mol. The van der Waals surface area contributed by atoms with Crippen LogP contribution in [-0.4, -0.2) is 15.0 Å². The van der Waals surface area contributed by atoms with E-state index in [0.717, 1.165) is 50.7 Å². The van der Waals surface area contributed by atoms with Crippen LogP contribution < -0.4 is 0 Å². The Labute approximate surface area is 272 Å². The lowest BCUT2D eigenvalue weighted by atomic mass is 9.89. The van der Waals surface area contributed by atoms with E-state index in [2.05, 4.69) is 121 Å². The molecule has 0 spiro atoms. The number of benzene rings is 6. The molecule has 0 bridgehead atoms. The van der Waals surface area contributed by atoms with Gasteiger partial charge in [0.15, 0.2) is 11.6 Å². The van der Waals surface area contributed by atoms with Gasteiger partial charge in [0.25, 0.3) is 0 Å². The molecule has 2 aromatic heterocycles. The van der Waals surface area contributed by atoms with Crippen LogP contribution in [0.15, 0.2) is 162 Å². The lowest BCUT2D eigenvalue weighted by Crippen LogP contribution is -2.09. The predicted molar refractivity (Wildman–Crippen MR) is 192 cm³/mol. The lowest BCUT2D eigenvalue weighted by Gasteiger charge is -2.19. The smallest absolute Gasteiger partial charge is 0.164 e. The van der Waals surface area contributed by atoms with Gasteiger partial charge in [-0.2, -0.15) is 0 Å². The quantitative estimate of drug-likeness (QED) is 0.196. The highest BCUT2D eigenvalue weighted by molar-refractivity contribution is 6.11. The molecule has 1 aliphatic carbocycles. The van der Waals surface area contributed by atoms with Crippen molar-refractivity contribution in [2.24, 2.45) is 0 Å². The molecule has 222 valence electrons. The second kappa shape index (κ2) is 11.3. The summed E-state index contributed by atoms with van der Waals surface area (Å²) in [4.78, 5) is 15.5. The maximum Gasteiger partial charge on any atom is 0.164 e. The van der Waals surface area contributed by atoms with Crippen LogP contribution in [0, 0.1) is 0 Å². The first-order valence-electron chi connectivity index (χ1n) is 16.0. The van der Waals surface area contributed by atoms with Crippen LogP contribution in [-0.2, 0) is 0 Å². The molecule has 47 heavy (non-hydrogen) atoms. The van der Waals surface area contributed by atoms with Gasteiger partial charge in [0.2, 0.25) is 0 Å². The molecular weight excluding hydrogens is 574 g/mol. The summed E-state index contributed by atoms with van der Waals surface area (Å²) in [6.45, 7) is 0. The Balaban J connectivity index is 1.19. The second-order valence-corrected chi connectivity index (χ2v) is 12.0. The van der Waals surface area contributed by atoms with Crippen LogP contribution in [0.4, 0.5) is 0 Å². The normalized spacial score (nSPS) is 14.6. The van der Waals surface area contributed by atoms with Gasteiger partial charge in [-0.3, -0.25) is 0 Å². The molecule has 0 radical (unpaired) electrons. The molecule has 0 N–H and O–H groups in total. The number of nitrogens with zero attached hydrogens (tertiary/aromatic N) is 3. The lowest BCUT2D eigenvalue weighted by molar-refractivity contribution is 0.669. The zero-order chi connectivity index (χ0) is 31.2. The standard InChI is InChI=1S/C43H29N3O/c1-3-11-28(12-4-1)30-15-9-16-34(26-30)41-44-42(35-24-23-32-25-31(21-22-33(32)27-35)29-13-5-2-6-14-29)46-43(45-41)37-18-10-20-39-40(37)36-17-7-8-19-38(36)47-39/h1-25,27,34H,26H2. The molecule has 6 aromatic carbocycles. The van der Waals surface area contributed by atoms with Gasteiger partial charge < -0.3 is 4.42 Å². The number of rotatable bonds is 5. The zero-order valence-electron chi connectivity index (χ0n) is 25.5. The van der Waals surface area contributed by atoms with Gasteiger partial charge in [-0.1, -0.05) is 133 Å². The first kappa shape index (κ1) is 27.2. The van der Waals surface area contributed by atoms with Crippen LogP contribution >= 0.6 is 0 Å². The van der Waals surface area contributed by atoms with Crippen LogP contribution in [0.5, 0.6) is 0 Å². The molecule has 4 nitrogen and oxygen atoms in total. The molecule has 0 aliphatic heterocycles. The van der Waals surface area contributed by atoms with E-state index in [1.807, 2.05) is 36.4 Å². The highest BCUT2D eigenvalue weighted by atomic mass is 16.3. The Morgan fingerprint density at radius 3 is 2.04 bits per heavy atom. The van der Waals surface area contributed by atoms with Crippen LogP contribution in [0.2, 0.25) is 0 Å². The molecule has 4 heteroatoms. The Morgan fingerprint density at radius 1 is 0.532 bits per heavy atom. The molecule has 0 saturated heterocycles. The van der Waals surface area contributed by atoms with E-state index in [1.165, 1.54) is 27.6 Å². The van der Waals surface area contributed by atoms with E-state index in [9.17, 15) is 0 Å². The zero-order valence-corrected chi connectivity index (χ0v) is 25.5. The number of aromatic nitrogens is 3. The molecule has 9 rings (SSSR count). The van der Waals surface area contributed by atoms with Crippen molar-refractivity contribution in [2.75, 3.05) is 0 Å². The Hall–Kier alpha value is -6.13. The topological polar surface area (TPSA) is 51.8 Å². The van der Waals surface area contributed by atoms with Gasteiger partial charge in [0, 0.05) is 27.8 Å². The van der Waals surface area contributed by atoms with E-state index >= 15 is 0 Å². The van der Waals surface area contributed by atoms with Crippen molar-refractivity contribution in [1.82, 2.24) is 15.0 Å². The average molecular weight is 604 g/mol. The summed E-state index contributed by atoms with van der Waals surface area (Å²) in [6.07, 6.45) is 7.33. The first-order valence-corrected chi connectivity index (χ1v) is 16.0. The number of hydrogen-bond donors (Lipinski definition) is 0. The second-order valence-electron chi connectivity index (χ2n) is 12.0. The van der Waals surface area contributed by atoms with Crippen molar-refractivity contribution < 1.29 is 4.42 Å². The maximum atomic E-state index is 6.24. The average Bonchev–Trinajstić information content (AvgIpc) is 3.54. The number of furan rings is 1. The third-order valence-electron chi connectivity index (χ3n) is 9.06. The highest BCUT2D eigenvalue weighted by Crippen LogP contribution is 2.38. The molecule has 2 heterocycles. The third kappa shape index (κ3) is 5.01. The van der Waals surface area contributed by atoms with Crippen molar-refractivity contribution in [1.29, 1.82) is 0 Å². The van der Waals surface area contributed by atoms with Gasteiger partial charge >= 0.3 is 0 Å². The van der Waals surface area contributed by atoms with Crippen LogP contribution in [0.25, 0.3) is 72.2 Å². The van der Waals surface area contributed by atoms with Gasteiger partial charge in [-0.15, -0.1) is 0 Å². The summed E-state index contributed by atoms with van der Waals surface area (Å²) >= 11 is 0. The minimum absolute atomic E-state index is 0.00453. The molecule has 0 fully saturated rings. The summed E-state index contributed by atoms with van der Waals surface area (Å²) in [5.74, 6) is 2.07. The Kier molecular flexibility index (Phi) is 6.57. The predicted octanol–water partition coefficient (Wildman–Crippen LogP) is 11.1. The van der Waals surface area contributed by atoms with Crippen LogP contribution in [0.3, 0.4) is 0 Å². The van der Waals surface area contributed by atoms with Crippen molar-refractivity contribution in [3.63, 3.8) is 0 Å². The number of fused-ring (bicyclic) bond motifs is 4. The van der Waals surface area contributed by atoms with Crippen molar-refractivity contribution in [2.45, 2.75) is 12.3 Å². The van der Waals surface area contributed by atoms with Gasteiger partial charge in [0.05, 0.1) is 0 Å². The Morgan fingerprint density at radius 2 is 1.21 bits per heavy atom. The largest absolute Gasteiger partial charge is 0.456 e. The summed E-state index contributed by atoms with van der Waals surface area (Å²) in [7, 11) is 0. The molecule has 1 aliphatic rings. The fourth-order valence-corrected chi connectivity index (χ4v) is 6.69.